The van der Waals surface area contributed by atoms with Crippen LogP contribution in [0.15, 0.2) is 30.3 Å². The molecule has 16 heavy (non-hydrogen) atoms. The van der Waals surface area contributed by atoms with Crippen LogP contribution in [0.4, 0.5) is 0 Å². The molecule has 0 aromatic heterocycles. The molecule has 1 rings (SSSR count). The van der Waals surface area contributed by atoms with Gasteiger partial charge in [0.2, 0.25) is 5.91 Å². The maximum atomic E-state index is 11.4. The van der Waals surface area contributed by atoms with E-state index in [1.807, 2.05) is 32.1 Å². The molecule has 2 nitrogen and oxygen atoms in total. The molecular weight excluding hydrogens is 198 g/mol. The quantitative estimate of drug-likeness (QED) is 0.772. The number of hydrogen-bond donors (Lipinski definition) is 1. The van der Waals surface area contributed by atoms with Crippen LogP contribution in [-0.2, 0) is 11.2 Å². The highest BCUT2D eigenvalue weighted by atomic mass is 16.1. The molecule has 0 spiro atoms. The molecule has 1 N–H and O–H groups in total. The third kappa shape index (κ3) is 4.30. The third-order valence-corrected chi connectivity index (χ3v) is 2.25. The Morgan fingerprint density at radius 1 is 1.31 bits per heavy atom. The van der Waals surface area contributed by atoms with E-state index >= 15 is 0 Å². The van der Waals surface area contributed by atoms with Crippen LogP contribution in [0.25, 0.3) is 6.08 Å². The number of nitrogens with one attached hydrogen (secondary N) is 1. The molecule has 0 aliphatic rings. The Hall–Kier alpha value is -1.57. The highest BCUT2D eigenvalue weighted by Crippen LogP contribution is 2.06. The zero-order chi connectivity index (χ0) is 12.0. The predicted molar refractivity (Wildman–Crippen MR) is 68.1 cm³/mol. The van der Waals surface area contributed by atoms with Crippen molar-refractivity contribution >= 4 is 12.0 Å². The van der Waals surface area contributed by atoms with Crippen LogP contribution < -0.4 is 5.32 Å². The summed E-state index contributed by atoms with van der Waals surface area (Å²) < 4.78 is 0. The van der Waals surface area contributed by atoms with Crippen molar-refractivity contribution in [3.8, 4) is 0 Å². The molecule has 0 atom stereocenters. The smallest absolute Gasteiger partial charge is 0.244 e. The van der Waals surface area contributed by atoms with Gasteiger partial charge in [-0.2, -0.15) is 0 Å². The second-order valence-electron chi connectivity index (χ2n) is 4.09. The number of amides is 1. The van der Waals surface area contributed by atoms with E-state index in [0.29, 0.717) is 0 Å². The summed E-state index contributed by atoms with van der Waals surface area (Å²) in [6.07, 6.45) is 4.44. The number of benzene rings is 1. The number of rotatable bonds is 4. The highest BCUT2D eigenvalue weighted by molar-refractivity contribution is 5.91. The van der Waals surface area contributed by atoms with Crippen LogP contribution in [0.2, 0.25) is 0 Å². The van der Waals surface area contributed by atoms with Gasteiger partial charge in [-0.3, -0.25) is 4.79 Å². The number of carbonyl (C=O) groups excluding carboxylic acids is 1. The summed E-state index contributed by atoms with van der Waals surface area (Å²) in [6, 6.07) is 8.40. The van der Waals surface area contributed by atoms with E-state index in [-0.39, 0.29) is 11.9 Å². The maximum absolute atomic E-state index is 11.4. The molecule has 0 saturated heterocycles. The molecule has 0 radical (unpaired) electrons. The second kappa shape index (κ2) is 6.11. The average Bonchev–Trinajstić information content (AvgIpc) is 2.26. The van der Waals surface area contributed by atoms with Gasteiger partial charge in [0.1, 0.15) is 0 Å². The van der Waals surface area contributed by atoms with Crippen LogP contribution >= 0.6 is 0 Å². The summed E-state index contributed by atoms with van der Waals surface area (Å²) in [7, 11) is 0. The van der Waals surface area contributed by atoms with Crippen LogP contribution in [0, 0.1) is 0 Å². The van der Waals surface area contributed by atoms with Crippen molar-refractivity contribution in [1.82, 2.24) is 5.32 Å². The lowest BCUT2D eigenvalue weighted by Crippen LogP contribution is -2.28. The van der Waals surface area contributed by atoms with Gasteiger partial charge in [-0.1, -0.05) is 31.2 Å². The zero-order valence-electron chi connectivity index (χ0n) is 10.2. The molecule has 0 aliphatic carbocycles. The normalized spacial score (nSPS) is 11.0. The first kappa shape index (κ1) is 12.5. The molecule has 1 aromatic carbocycles. The molecule has 0 saturated carbocycles. The van der Waals surface area contributed by atoms with Gasteiger partial charge in [-0.15, -0.1) is 0 Å². The number of carbonyl (C=O) groups is 1. The van der Waals surface area contributed by atoms with Crippen molar-refractivity contribution in [2.24, 2.45) is 0 Å². The molecule has 0 heterocycles. The summed E-state index contributed by atoms with van der Waals surface area (Å²) in [4.78, 5) is 11.4. The molecule has 1 aromatic rings. The summed E-state index contributed by atoms with van der Waals surface area (Å²) >= 11 is 0. The lowest BCUT2D eigenvalue weighted by Gasteiger charge is -2.04. The SMILES string of the molecule is CCc1ccc(C=CC(=O)NC(C)C)cc1. The fourth-order valence-electron chi connectivity index (χ4n) is 1.37. The van der Waals surface area contributed by atoms with Crippen molar-refractivity contribution in [2.45, 2.75) is 33.2 Å². The van der Waals surface area contributed by atoms with Gasteiger partial charge < -0.3 is 5.32 Å². The molecule has 2 heteroatoms. The zero-order valence-corrected chi connectivity index (χ0v) is 10.2. The molecule has 0 bridgehead atoms. The Labute approximate surface area is 97.4 Å². The maximum Gasteiger partial charge on any atom is 0.244 e. The van der Waals surface area contributed by atoms with Gasteiger partial charge in [0.25, 0.3) is 0 Å². The Balaban J connectivity index is 2.58. The molecule has 1 amide bonds. The second-order valence-corrected chi connectivity index (χ2v) is 4.09. The Morgan fingerprint density at radius 3 is 2.44 bits per heavy atom. The monoisotopic (exact) mass is 217 g/mol. The van der Waals surface area contributed by atoms with Crippen molar-refractivity contribution < 1.29 is 4.79 Å². The van der Waals surface area contributed by atoms with E-state index in [1.165, 1.54) is 5.56 Å². The Kier molecular flexibility index (Phi) is 4.77. The van der Waals surface area contributed by atoms with Gasteiger partial charge >= 0.3 is 0 Å². The van der Waals surface area contributed by atoms with Crippen molar-refractivity contribution in [1.29, 1.82) is 0 Å². The standard InChI is InChI=1S/C14H19NO/c1-4-12-5-7-13(8-6-12)9-10-14(16)15-11(2)3/h5-11H,4H2,1-3H3,(H,15,16). The van der Waals surface area contributed by atoms with E-state index < -0.39 is 0 Å². The first-order chi connectivity index (χ1) is 7.61. The fraction of sp³-hybridized carbons (Fsp3) is 0.357. The van der Waals surface area contributed by atoms with Crippen LogP contribution in [0.5, 0.6) is 0 Å². The van der Waals surface area contributed by atoms with Gasteiger partial charge in [0.05, 0.1) is 0 Å². The molecule has 0 fully saturated rings. The van der Waals surface area contributed by atoms with E-state index in [2.05, 4.69) is 24.4 Å². The van der Waals surface area contributed by atoms with Crippen molar-refractivity contribution in [3.63, 3.8) is 0 Å². The summed E-state index contributed by atoms with van der Waals surface area (Å²) in [5.41, 5.74) is 2.36. The van der Waals surface area contributed by atoms with E-state index in [0.717, 1.165) is 12.0 Å². The average molecular weight is 217 g/mol. The summed E-state index contributed by atoms with van der Waals surface area (Å²) in [5.74, 6) is -0.0467. The Morgan fingerprint density at radius 2 is 1.94 bits per heavy atom. The van der Waals surface area contributed by atoms with E-state index in [9.17, 15) is 4.79 Å². The van der Waals surface area contributed by atoms with E-state index in [4.69, 9.17) is 0 Å². The van der Waals surface area contributed by atoms with Crippen molar-refractivity contribution in [3.05, 3.63) is 41.5 Å². The van der Waals surface area contributed by atoms with Gasteiger partial charge in [-0.25, -0.2) is 0 Å². The third-order valence-electron chi connectivity index (χ3n) is 2.25. The van der Waals surface area contributed by atoms with Gasteiger partial charge in [-0.05, 0) is 37.5 Å². The van der Waals surface area contributed by atoms with Crippen LogP contribution in [0.3, 0.4) is 0 Å². The first-order valence-electron chi connectivity index (χ1n) is 5.69. The number of hydrogen-bond acceptors (Lipinski definition) is 1. The lowest BCUT2D eigenvalue weighted by atomic mass is 10.1. The molecule has 0 unspecified atom stereocenters. The minimum Gasteiger partial charge on any atom is -0.350 e. The molecule has 0 aliphatic heterocycles. The van der Waals surface area contributed by atoms with Gasteiger partial charge in [0.15, 0.2) is 0 Å². The first-order valence-corrected chi connectivity index (χ1v) is 5.69. The summed E-state index contributed by atoms with van der Waals surface area (Å²) in [5, 5.41) is 2.81. The number of aryl methyl sites for hydroxylation is 1. The predicted octanol–water partition coefficient (Wildman–Crippen LogP) is 2.79. The van der Waals surface area contributed by atoms with Crippen LogP contribution in [0.1, 0.15) is 31.9 Å². The Bertz CT molecular complexity index is 363. The minimum absolute atomic E-state index is 0.0467. The molecule has 86 valence electrons. The van der Waals surface area contributed by atoms with Gasteiger partial charge in [0, 0.05) is 12.1 Å². The fourth-order valence-corrected chi connectivity index (χ4v) is 1.37. The van der Waals surface area contributed by atoms with Crippen LogP contribution in [-0.4, -0.2) is 11.9 Å². The van der Waals surface area contributed by atoms with Crippen molar-refractivity contribution in [2.75, 3.05) is 0 Å². The minimum atomic E-state index is -0.0467. The summed E-state index contributed by atoms with van der Waals surface area (Å²) in [6.45, 7) is 6.02. The molecular formula is C14H19NO. The topological polar surface area (TPSA) is 29.1 Å². The lowest BCUT2D eigenvalue weighted by molar-refractivity contribution is -0.116. The largest absolute Gasteiger partial charge is 0.350 e. The van der Waals surface area contributed by atoms with E-state index in [1.54, 1.807) is 6.08 Å². The highest BCUT2D eigenvalue weighted by Gasteiger charge is 1.97.